The van der Waals surface area contributed by atoms with E-state index in [0.717, 1.165) is 72.5 Å². The van der Waals surface area contributed by atoms with E-state index in [1.807, 2.05) is 19.9 Å². The smallest absolute Gasteiger partial charge is 0.306 e. The monoisotopic (exact) mass is 544 g/mol. The first-order chi connectivity index (χ1) is 19.2. The molecule has 0 bridgehead atoms. The molecule has 3 aromatic rings. The molecule has 0 spiro atoms. The number of pyridine rings is 1. The highest BCUT2D eigenvalue weighted by atomic mass is 19.1. The summed E-state index contributed by atoms with van der Waals surface area (Å²) in [5, 5.41) is 9.76. The topological polar surface area (TPSA) is 62.7 Å². The van der Waals surface area contributed by atoms with E-state index in [-0.39, 0.29) is 17.8 Å². The Hall–Kier alpha value is -3.25. The van der Waals surface area contributed by atoms with Gasteiger partial charge in [-0.25, -0.2) is 4.39 Å². The van der Waals surface area contributed by atoms with Gasteiger partial charge in [0.05, 0.1) is 12.1 Å². The fourth-order valence-electron chi connectivity index (χ4n) is 6.26. The van der Waals surface area contributed by atoms with Gasteiger partial charge in [-0.3, -0.25) is 14.7 Å². The van der Waals surface area contributed by atoms with Gasteiger partial charge in [0.1, 0.15) is 17.7 Å². The molecule has 2 aliphatic rings. The highest BCUT2D eigenvalue weighted by Crippen LogP contribution is 2.48. The lowest BCUT2D eigenvalue weighted by molar-refractivity contribution is -0.142. The summed E-state index contributed by atoms with van der Waals surface area (Å²) >= 11 is 0. The largest absolute Gasteiger partial charge is 0.485 e. The number of carboxylic acid groups (broad SMARTS) is 1. The summed E-state index contributed by atoms with van der Waals surface area (Å²) in [5.41, 5.74) is 6.69. The number of nitrogens with zero attached hydrogens (tertiary/aromatic N) is 2. The lowest BCUT2D eigenvalue weighted by atomic mass is 9.82. The Bertz CT molecular complexity index is 1380. The van der Waals surface area contributed by atoms with Crippen molar-refractivity contribution in [3.8, 4) is 16.9 Å². The van der Waals surface area contributed by atoms with Gasteiger partial charge in [0.25, 0.3) is 0 Å². The molecule has 1 aromatic heterocycles. The van der Waals surface area contributed by atoms with Gasteiger partial charge < -0.3 is 9.84 Å². The van der Waals surface area contributed by atoms with E-state index in [4.69, 9.17) is 4.74 Å². The van der Waals surface area contributed by atoms with E-state index in [0.29, 0.717) is 17.5 Å². The third-order valence-electron chi connectivity index (χ3n) is 8.78. The van der Waals surface area contributed by atoms with Crippen LogP contribution in [0.3, 0.4) is 0 Å². The maximum absolute atomic E-state index is 14.8. The Balaban J connectivity index is 1.50. The van der Waals surface area contributed by atoms with E-state index in [1.165, 1.54) is 11.8 Å². The van der Waals surface area contributed by atoms with Crippen molar-refractivity contribution in [3.05, 3.63) is 82.4 Å². The Labute approximate surface area is 237 Å². The standard InChI is InChI=1S/C34H41FN2O3/c1-6-37(20(2)3)19-27-16-25(29-15-21(4)36-18-30(29)35)11-13-28(27)31-14-12-23-7-10-26(17-32(23)40-31)33(24-8-9-24)22(5)34(38)39/h7,10-11,13,15-18,20,22,24,31,33H,6,8-9,12,14,19H2,1-5H3,(H,38,39)/t22-,31?,33-/m0/s1. The highest BCUT2D eigenvalue weighted by Gasteiger charge is 2.39. The summed E-state index contributed by atoms with van der Waals surface area (Å²) in [6, 6.07) is 14.7. The van der Waals surface area contributed by atoms with Crippen LogP contribution in [0.2, 0.25) is 0 Å². The van der Waals surface area contributed by atoms with Gasteiger partial charge in [-0.15, -0.1) is 0 Å². The summed E-state index contributed by atoms with van der Waals surface area (Å²) in [6.45, 7) is 11.9. The zero-order chi connectivity index (χ0) is 28.6. The number of benzene rings is 2. The minimum atomic E-state index is -0.746. The molecule has 40 heavy (non-hydrogen) atoms. The third-order valence-corrected chi connectivity index (χ3v) is 8.78. The predicted molar refractivity (Wildman–Crippen MR) is 156 cm³/mol. The van der Waals surface area contributed by atoms with Crippen molar-refractivity contribution in [2.45, 2.75) is 84.9 Å². The van der Waals surface area contributed by atoms with Gasteiger partial charge in [-0.1, -0.05) is 38.1 Å². The van der Waals surface area contributed by atoms with Crippen LogP contribution in [0, 0.1) is 24.6 Å². The molecule has 212 valence electrons. The lowest BCUT2D eigenvalue weighted by Gasteiger charge is -2.32. The molecule has 0 saturated heterocycles. The Morgan fingerprint density at radius 1 is 1.12 bits per heavy atom. The zero-order valence-electron chi connectivity index (χ0n) is 24.3. The Kier molecular flexibility index (Phi) is 8.27. The number of ether oxygens (including phenoxy) is 1. The van der Waals surface area contributed by atoms with Crippen LogP contribution in [0.1, 0.15) is 86.9 Å². The third kappa shape index (κ3) is 5.92. The first-order valence-electron chi connectivity index (χ1n) is 14.7. The van der Waals surface area contributed by atoms with Crippen LogP contribution < -0.4 is 4.74 Å². The van der Waals surface area contributed by atoms with Gasteiger partial charge >= 0.3 is 5.97 Å². The number of aromatic nitrogens is 1. The van der Waals surface area contributed by atoms with Crippen LogP contribution in [0.15, 0.2) is 48.7 Å². The number of fused-ring (bicyclic) bond motifs is 1. The second-order valence-electron chi connectivity index (χ2n) is 11.9. The minimum Gasteiger partial charge on any atom is -0.485 e. The van der Waals surface area contributed by atoms with Crippen molar-refractivity contribution >= 4 is 5.97 Å². The average Bonchev–Trinajstić information content (AvgIpc) is 3.77. The summed E-state index contributed by atoms with van der Waals surface area (Å²) in [7, 11) is 0. The van der Waals surface area contributed by atoms with Crippen LogP contribution in [-0.2, 0) is 17.8 Å². The number of carbonyl (C=O) groups is 1. The maximum atomic E-state index is 14.8. The van der Waals surface area contributed by atoms with Gasteiger partial charge in [-0.2, -0.15) is 0 Å². The van der Waals surface area contributed by atoms with Gasteiger partial charge in [0.15, 0.2) is 0 Å². The molecule has 3 atom stereocenters. The molecule has 5 nitrogen and oxygen atoms in total. The molecule has 2 heterocycles. The molecule has 1 aliphatic carbocycles. The quantitative estimate of drug-likeness (QED) is 0.283. The van der Waals surface area contributed by atoms with Gasteiger partial charge in [-0.05, 0) is 111 Å². The number of carboxylic acids is 1. The molecule has 1 aliphatic heterocycles. The van der Waals surface area contributed by atoms with E-state index in [2.05, 4.69) is 61.0 Å². The fourth-order valence-corrected chi connectivity index (χ4v) is 6.26. The molecular weight excluding hydrogens is 503 g/mol. The van der Waals surface area contributed by atoms with Crippen LogP contribution in [0.5, 0.6) is 5.75 Å². The molecule has 1 fully saturated rings. The Morgan fingerprint density at radius 3 is 2.58 bits per heavy atom. The predicted octanol–water partition coefficient (Wildman–Crippen LogP) is 7.71. The number of hydrogen-bond donors (Lipinski definition) is 1. The first-order valence-corrected chi connectivity index (χ1v) is 14.7. The normalized spacial score (nSPS) is 18.4. The highest BCUT2D eigenvalue weighted by molar-refractivity contribution is 5.71. The average molecular weight is 545 g/mol. The van der Waals surface area contributed by atoms with Gasteiger partial charge in [0, 0.05) is 23.8 Å². The maximum Gasteiger partial charge on any atom is 0.306 e. The first kappa shape index (κ1) is 28.3. The van der Waals surface area contributed by atoms with E-state index in [1.54, 1.807) is 6.07 Å². The molecule has 6 heteroatoms. The zero-order valence-corrected chi connectivity index (χ0v) is 24.3. The molecule has 5 rings (SSSR count). The summed E-state index contributed by atoms with van der Waals surface area (Å²) in [6.07, 6.45) is 5.08. The fraction of sp³-hybridized carbons (Fsp3) is 0.471. The summed E-state index contributed by atoms with van der Waals surface area (Å²) < 4.78 is 21.5. The number of hydrogen-bond acceptors (Lipinski definition) is 4. The van der Waals surface area contributed by atoms with Crippen molar-refractivity contribution < 1.29 is 19.0 Å². The van der Waals surface area contributed by atoms with Crippen LogP contribution in [-0.4, -0.2) is 33.5 Å². The second-order valence-corrected chi connectivity index (χ2v) is 11.9. The molecule has 2 aromatic carbocycles. The Morgan fingerprint density at radius 2 is 1.90 bits per heavy atom. The van der Waals surface area contributed by atoms with E-state index < -0.39 is 11.9 Å². The molecule has 1 saturated carbocycles. The van der Waals surface area contributed by atoms with Crippen molar-refractivity contribution in [1.82, 2.24) is 9.88 Å². The number of aryl methyl sites for hydroxylation is 2. The van der Waals surface area contributed by atoms with Crippen LogP contribution >= 0.6 is 0 Å². The van der Waals surface area contributed by atoms with Crippen molar-refractivity contribution in [3.63, 3.8) is 0 Å². The van der Waals surface area contributed by atoms with Crippen molar-refractivity contribution in [2.24, 2.45) is 11.8 Å². The molecule has 1 unspecified atom stereocenters. The number of halogens is 1. The molecular formula is C34H41FN2O3. The SMILES string of the molecule is CCN(Cc1cc(-c2cc(C)ncc2F)ccc1C1CCc2ccc([C@H](C3CC3)[C@H](C)C(=O)O)cc2O1)C(C)C. The second kappa shape index (κ2) is 11.7. The van der Waals surface area contributed by atoms with Crippen molar-refractivity contribution in [1.29, 1.82) is 0 Å². The molecule has 0 radical (unpaired) electrons. The van der Waals surface area contributed by atoms with E-state index >= 15 is 0 Å². The number of aliphatic carboxylic acids is 1. The van der Waals surface area contributed by atoms with Crippen LogP contribution in [0.25, 0.3) is 11.1 Å². The van der Waals surface area contributed by atoms with Crippen molar-refractivity contribution in [2.75, 3.05) is 6.54 Å². The van der Waals surface area contributed by atoms with E-state index in [9.17, 15) is 14.3 Å². The molecule has 0 amide bonds. The molecule has 1 N–H and O–H groups in total. The summed E-state index contributed by atoms with van der Waals surface area (Å²) in [5.74, 6) is -0.210. The number of rotatable bonds is 10. The van der Waals surface area contributed by atoms with Gasteiger partial charge in [0.2, 0.25) is 0 Å². The minimum absolute atomic E-state index is 0.00416. The summed E-state index contributed by atoms with van der Waals surface area (Å²) in [4.78, 5) is 18.4. The lowest BCUT2D eigenvalue weighted by Crippen LogP contribution is -2.31. The van der Waals surface area contributed by atoms with Crippen LogP contribution in [0.4, 0.5) is 4.39 Å².